The Morgan fingerprint density at radius 3 is 2.62 bits per heavy atom. The maximum absolute atomic E-state index is 11.4. The fraction of sp³-hybridized carbons (Fsp3) is 0.278. The minimum atomic E-state index is -0.360. The Bertz CT molecular complexity index is 651. The summed E-state index contributed by atoms with van der Waals surface area (Å²) in [6.07, 6.45) is 3.30. The number of amides is 1. The van der Waals surface area contributed by atoms with E-state index in [4.69, 9.17) is 5.73 Å². The summed E-state index contributed by atoms with van der Waals surface area (Å²) in [6, 6.07) is 16.6. The molecular weight excluding hydrogens is 260 g/mol. The molecule has 1 unspecified atom stereocenters. The molecule has 0 fully saturated rings. The van der Waals surface area contributed by atoms with Crippen LogP contribution in [0.4, 0.5) is 0 Å². The van der Waals surface area contributed by atoms with E-state index in [1.165, 1.54) is 11.1 Å². The maximum atomic E-state index is 11.4. The van der Waals surface area contributed by atoms with Gasteiger partial charge >= 0.3 is 0 Å². The molecular formula is C18H20N2O. The van der Waals surface area contributed by atoms with Crippen molar-refractivity contribution in [2.45, 2.75) is 31.8 Å². The zero-order chi connectivity index (χ0) is 14.7. The number of hydrogen-bond donors (Lipinski definition) is 2. The van der Waals surface area contributed by atoms with Crippen LogP contribution < -0.4 is 11.1 Å². The van der Waals surface area contributed by atoms with Crippen LogP contribution >= 0.6 is 0 Å². The smallest absolute Gasteiger partial charge is 0.249 e. The number of hydrogen-bond acceptors (Lipinski definition) is 2. The third-order valence-electron chi connectivity index (χ3n) is 4.21. The van der Waals surface area contributed by atoms with E-state index in [1.54, 1.807) is 6.07 Å². The van der Waals surface area contributed by atoms with Crippen molar-refractivity contribution in [2.24, 2.45) is 5.73 Å². The molecule has 3 nitrogen and oxygen atoms in total. The Balaban J connectivity index is 1.66. The third-order valence-corrected chi connectivity index (χ3v) is 4.21. The van der Waals surface area contributed by atoms with Gasteiger partial charge < -0.3 is 11.1 Å². The van der Waals surface area contributed by atoms with Gasteiger partial charge in [-0.3, -0.25) is 4.79 Å². The molecule has 3 rings (SSSR count). The van der Waals surface area contributed by atoms with E-state index in [1.807, 2.05) is 18.2 Å². The van der Waals surface area contributed by atoms with Crippen LogP contribution in [0.2, 0.25) is 0 Å². The van der Waals surface area contributed by atoms with Gasteiger partial charge in [0.2, 0.25) is 5.91 Å². The lowest BCUT2D eigenvalue weighted by Gasteiger charge is -2.26. The van der Waals surface area contributed by atoms with Crippen LogP contribution in [0.15, 0.2) is 48.5 Å². The lowest BCUT2D eigenvalue weighted by Crippen LogP contribution is -2.34. The van der Waals surface area contributed by atoms with Crippen molar-refractivity contribution < 1.29 is 4.79 Å². The number of aryl methyl sites for hydroxylation is 1. The zero-order valence-electron chi connectivity index (χ0n) is 12.0. The van der Waals surface area contributed by atoms with Gasteiger partial charge in [0.05, 0.1) is 0 Å². The van der Waals surface area contributed by atoms with Crippen LogP contribution in [0.3, 0.4) is 0 Å². The van der Waals surface area contributed by atoms with Crippen molar-refractivity contribution in [3.05, 3.63) is 70.8 Å². The van der Waals surface area contributed by atoms with Crippen molar-refractivity contribution in [3.8, 4) is 0 Å². The highest BCUT2D eigenvalue weighted by Gasteiger charge is 2.18. The molecule has 0 saturated carbocycles. The lowest BCUT2D eigenvalue weighted by molar-refractivity contribution is 0.0999. The summed E-state index contributed by atoms with van der Waals surface area (Å²) in [5.74, 6) is -0.360. The van der Waals surface area contributed by atoms with Crippen LogP contribution in [-0.4, -0.2) is 11.9 Å². The van der Waals surface area contributed by atoms with Crippen LogP contribution in [0, 0.1) is 0 Å². The van der Waals surface area contributed by atoms with Crippen molar-refractivity contribution in [2.75, 3.05) is 0 Å². The average Bonchev–Trinajstić information content (AvgIpc) is 2.53. The number of benzene rings is 2. The van der Waals surface area contributed by atoms with Crippen LogP contribution in [-0.2, 0) is 19.4 Å². The maximum Gasteiger partial charge on any atom is 0.249 e. The first-order valence-electron chi connectivity index (χ1n) is 7.42. The van der Waals surface area contributed by atoms with Gasteiger partial charge in [-0.2, -0.15) is 0 Å². The van der Waals surface area contributed by atoms with Crippen LogP contribution in [0.5, 0.6) is 0 Å². The Morgan fingerprint density at radius 2 is 1.81 bits per heavy atom. The molecule has 0 heterocycles. The van der Waals surface area contributed by atoms with E-state index in [2.05, 4.69) is 29.6 Å². The Morgan fingerprint density at radius 1 is 1.10 bits per heavy atom. The molecule has 2 aromatic rings. The topological polar surface area (TPSA) is 55.1 Å². The van der Waals surface area contributed by atoms with Gasteiger partial charge in [-0.1, -0.05) is 42.5 Å². The van der Waals surface area contributed by atoms with Gasteiger partial charge in [-0.15, -0.1) is 0 Å². The van der Waals surface area contributed by atoms with Gasteiger partial charge in [-0.05, 0) is 42.0 Å². The number of rotatable bonds is 4. The standard InChI is InChI=1S/C18H20N2O/c19-18(21)17-8-4-3-7-15(17)12-20-16-10-9-13-5-1-2-6-14(13)11-16/h1-8,16,20H,9-12H2,(H2,19,21). The molecule has 1 atom stereocenters. The summed E-state index contributed by atoms with van der Waals surface area (Å²) >= 11 is 0. The Labute approximate surface area is 125 Å². The highest BCUT2D eigenvalue weighted by Crippen LogP contribution is 2.21. The molecule has 0 bridgehead atoms. The normalized spacial score (nSPS) is 17.2. The van der Waals surface area contributed by atoms with E-state index < -0.39 is 0 Å². The second kappa shape index (κ2) is 6.10. The highest BCUT2D eigenvalue weighted by molar-refractivity contribution is 5.94. The molecule has 3 N–H and O–H groups in total. The van der Waals surface area contributed by atoms with Gasteiger partial charge in [-0.25, -0.2) is 0 Å². The second-order valence-corrected chi connectivity index (χ2v) is 5.61. The molecule has 0 spiro atoms. The van der Waals surface area contributed by atoms with Crippen LogP contribution in [0.1, 0.15) is 33.5 Å². The van der Waals surface area contributed by atoms with E-state index >= 15 is 0 Å². The van der Waals surface area contributed by atoms with Crippen LogP contribution in [0.25, 0.3) is 0 Å². The molecule has 0 aromatic heterocycles. The first-order valence-corrected chi connectivity index (χ1v) is 7.42. The lowest BCUT2D eigenvalue weighted by atomic mass is 9.88. The van der Waals surface area contributed by atoms with E-state index in [0.717, 1.165) is 24.8 Å². The fourth-order valence-corrected chi connectivity index (χ4v) is 3.04. The predicted molar refractivity (Wildman–Crippen MR) is 84.1 cm³/mol. The average molecular weight is 280 g/mol. The van der Waals surface area contributed by atoms with E-state index in [9.17, 15) is 4.79 Å². The molecule has 108 valence electrons. The molecule has 1 aliphatic carbocycles. The molecule has 0 aliphatic heterocycles. The van der Waals surface area contributed by atoms with Crippen molar-refractivity contribution in [1.29, 1.82) is 0 Å². The summed E-state index contributed by atoms with van der Waals surface area (Å²) in [4.78, 5) is 11.4. The zero-order valence-corrected chi connectivity index (χ0v) is 12.0. The number of fused-ring (bicyclic) bond motifs is 1. The van der Waals surface area contributed by atoms with Gasteiger partial charge in [0.1, 0.15) is 0 Å². The van der Waals surface area contributed by atoms with E-state index in [-0.39, 0.29) is 5.91 Å². The molecule has 2 aromatic carbocycles. The second-order valence-electron chi connectivity index (χ2n) is 5.61. The molecule has 0 saturated heterocycles. The van der Waals surface area contributed by atoms with Crippen molar-refractivity contribution in [3.63, 3.8) is 0 Å². The van der Waals surface area contributed by atoms with Crippen molar-refractivity contribution >= 4 is 5.91 Å². The van der Waals surface area contributed by atoms with Gasteiger partial charge in [0.15, 0.2) is 0 Å². The monoisotopic (exact) mass is 280 g/mol. The number of nitrogens with one attached hydrogen (secondary N) is 1. The largest absolute Gasteiger partial charge is 0.366 e. The quantitative estimate of drug-likeness (QED) is 0.903. The number of nitrogens with two attached hydrogens (primary N) is 1. The highest BCUT2D eigenvalue weighted by atomic mass is 16.1. The summed E-state index contributed by atoms with van der Waals surface area (Å²) in [5.41, 5.74) is 9.91. The Kier molecular flexibility index (Phi) is 4.02. The third kappa shape index (κ3) is 3.14. The minimum absolute atomic E-state index is 0.360. The molecule has 0 radical (unpaired) electrons. The predicted octanol–water partition coefficient (Wildman–Crippen LogP) is 2.43. The number of carbonyl (C=O) groups excluding carboxylic acids is 1. The Hall–Kier alpha value is -2.13. The summed E-state index contributed by atoms with van der Waals surface area (Å²) in [5, 5.41) is 3.57. The summed E-state index contributed by atoms with van der Waals surface area (Å²) < 4.78 is 0. The first kappa shape index (κ1) is 13.8. The molecule has 1 aliphatic rings. The molecule has 1 amide bonds. The number of carbonyl (C=O) groups is 1. The fourth-order valence-electron chi connectivity index (χ4n) is 3.04. The number of primary amides is 1. The van der Waals surface area contributed by atoms with Gasteiger partial charge in [0.25, 0.3) is 0 Å². The first-order chi connectivity index (χ1) is 10.2. The van der Waals surface area contributed by atoms with Gasteiger partial charge in [0, 0.05) is 18.2 Å². The minimum Gasteiger partial charge on any atom is -0.366 e. The van der Waals surface area contributed by atoms with Crippen molar-refractivity contribution in [1.82, 2.24) is 5.32 Å². The summed E-state index contributed by atoms with van der Waals surface area (Å²) in [7, 11) is 0. The molecule has 21 heavy (non-hydrogen) atoms. The SMILES string of the molecule is NC(=O)c1ccccc1CNC1CCc2ccccc2C1. The van der Waals surface area contributed by atoms with E-state index in [0.29, 0.717) is 18.2 Å². The summed E-state index contributed by atoms with van der Waals surface area (Å²) in [6.45, 7) is 0.686. The molecule has 3 heteroatoms.